The lowest BCUT2D eigenvalue weighted by Gasteiger charge is -2.26. The van der Waals surface area contributed by atoms with Crippen molar-refractivity contribution < 1.29 is 0 Å². The largest absolute Gasteiger partial charge is 0.0876 e. The number of hydrogen-bond donors (Lipinski definition) is 0. The van der Waals surface area contributed by atoms with Crippen LogP contribution in [-0.2, 0) is 0 Å². The molecule has 1 aliphatic rings. The smallest absolute Gasteiger partial charge is 0.0805 e. The van der Waals surface area contributed by atoms with E-state index < -0.39 is 8.07 Å². The van der Waals surface area contributed by atoms with Gasteiger partial charge in [-0.15, -0.1) is 0 Å². The molecule has 1 aromatic carbocycles. The van der Waals surface area contributed by atoms with Gasteiger partial charge in [-0.25, -0.2) is 0 Å². The van der Waals surface area contributed by atoms with Crippen molar-refractivity contribution in [3.63, 3.8) is 0 Å². The van der Waals surface area contributed by atoms with Gasteiger partial charge in [-0.3, -0.25) is 0 Å². The Morgan fingerprint density at radius 1 is 1.19 bits per heavy atom. The normalized spacial score (nSPS) is 18.2. The SMILES string of the molecule is CC[Si](C)(CC1=CCC=C1)c1ccccc1. The maximum absolute atomic E-state index is 2.51. The van der Waals surface area contributed by atoms with E-state index in [-0.39, 0.29) is 0 Å². The first-order chi connectivity index (χ1) is 7.74. The summed E-state index contributed by atoms with van der Waals surface area (Å²) in [4.78, 5) is 0. The number of rotatable bonds is 4. The van der Waals surface area contributed by atoms with E-state index in [1.807, 2.05) is 0 Å². The van der Waals surface area contributed by atoms with Crippen molar-refractivity contribution in [3.8, 4) is 0 Å². The minimum Gasteiger partial charge on any atom is -0.0805 e. The quantitative estimate of drug-likeness (QED) is 0.686. The molecule has 2 rings (SSSR count). The minimum atomic E-state index is -1.28. The zero-order chi connectivity index (χ0) is 11.4. The first-order valence-electron chi connectivity index (χ1n) is 6.16. The molecule has 0 bridgehead atoms. The van der Waals surface area contributed by atoms with Gasteiger partial charge in [0, 0.05) is 0 Å². The Morgan fingerprint density at radius 2 is 1.94 bits per heavy atom. The van der Waals surface area contributed by atoms with Crippen molar-refractivity contribution in [1.82, 2.24) is 0 Å². The third kappa shape index (κ3) is 2.35. The molecule has 16 heavy (non-hydrogen) atoms. The second kappa shape index (κ2) is 4.83. The maximum Gasteiger partial charge on any atom is 0.0876 e. The Balaban J connectivity index is 2.22. The average molecular weight is 228 g/mol. The van der Waals surface area contributed by atoms with Crippen molar-refractivity contribution in [2.24, 2.45) is 0 Å². The van der Waals surface area contributed by atoms with E-state index in [0.717, 1.165) is 6.42 Å². The van der Waals surface area contributed by atoms with E-state index >= 15 is 0 Å². The number of hydrogen-bond acceptors (Lipinski definition) is 0. The Hall–Kier alpha value is -1.08. The highest BCUT2D eigenvalue weighted by Crippen LogP contribution is 2.24. The highest BCUT2D eigenvalue weighted by atomic mass is 28.3. The van der Waals surface area contributed by atoms with Gasteiger partial charge in [0.15, 0.2) is 0 Å². The van der Waals surface area contributed by atoms with Gasteiger partial charge < -0.3 is 0 Å². The standard InChI is InChI=1S/C15H20Si/c1-3-16(2,13-14-9-7-8-10-14)15-11-5-4-6-12-15/h4-7,9-12H,3,8,13H2,1-2H3. The van der Waals surface area contributed by atoms with Crippen molar-refractivity contribution in [1.29, 1.82) is 0 Å². The molecular formula is C15H20Si. The third-order valence-corrected chi connectivity index (χ3v) is 8.17. The van der Waals surface area contributed by atoms with Crippen LogP contribution in [0.15, 0.2) is 54.1 Å². The molecule has 0 saturated heterocycles. The first-order valence-corrected chi connectivity index (χ1v) is 9.07. The summed E-state index contributed by atoms with van der Waals surface area (Å²) in [6.07, 6.45) is 8.09. The Morgan fingerprint density at radius 3 is 2.50 bits per heavy atom. The van der Waals surface area contributed by atoms with Crippen LogP contribution < -0.4 is 5.19 Å². The molecule has 0 aromatic heterocycles. The van der Waals surface area contributed by atoms with E-state index in [4.69, 9.17) is 0 Å². The minimum absolute atomic E-state index is 1.14. The molecule has 1 unspecified atom stereocenters. The molecule has 1 aromatic rings. The number of benzene rings is 1. The van der Waals surface area contributed by atoms with Gasteiger partial charge in [-0.1, -0.05) is 78.8 Å². The van der Waals surface area contributed by atoms with Gasteiger partial charge in [-0.2, -0.15) is 0 Å². The summed E-state index contributed by atoms with van der Waals surface area (Å²) in [5, 5.41) is 1.60. The summed E-state index contributed by atoms with van der Waals surface area (Å²) in [5.74, 6) is 0. The Bertz CT molecular complexity index is 403. The van der Waals surface area contributed by atoms with E-state index in [1.165, 1.54) is 12.1 Å². The fourth-order valence-corrected chi connectivity index (χ4v) is 5.38. The predicted octanol–water partition coefficient (Wildman–Crippen LogP) is 3.88. The summed E-state index contributed by atoms with van der Waals surface area (Å²) in [6.45, 7) is 4.85. The molecule has 0 nitrogen and oxygen atoms in total. The molecule has 0 N–H and O–H groups in total. The highest BCUT2D eigenvalue weighted by Gasteiger charge is 2.27. The van der Waals surface area contributed by atoms with Crippen molar-refractivity contribution in [3.05, 3.63) is 54.1 Å². The van der Waals surface area contributed by atoms with E-state index in [9.17, 15) is 0 Å². The summed E-state index contributed by atoms with van der Waals surface area (Å²) in [6, 6.07) is 13.7. The summed E-state index contributed by atoms with van der Waals surface area (Å²) in [5.41, 5.74) is 1.56. The van der Waals surface area contributed by atoms with E-state index in [0.29, 0.717) is 0 Å². The fraction of sp³-hybridized carbons (Fsp3) is 0.333. The first kappa shape index (κ1) is 11.4. The summed E-state index contributed by atoms with van der Waals surface area (Å²) < 4.78 is 0. The van der Waals surface area contributed by atoms with Gasteiger partial charge in [0.2, 0.25) is 0 Å². The van der Waals surface area contributed by atoms with E-state index in [1.54, 1.807) is 10.8 Å². The molecule has 0 heterocycles. The van der Waals surface area contributed by atoms with Crippen LogP contribution in [0, 0.1) is 0 Å². The molecule has 1 heteroatoms. The zero-order valence-electron chi connectivity index (χ0n) is 10.2. The van der Waals surface area contributed by atoms with Crippen LogP contribution >= 0.6 is 0 Å². The van der Waals surface area contributed by atoms with Crippen LogP contribution in [0.4, 0.5) is 0 Å². The Labute approximate surface area is 99.7 Å². The molecule has 0 spiro atoms. The predicted molar refractivity (Wildman–Crippen MR) is 74.8 cm³/mol. The maximum atomic E-state index is 2.51. The summed E-state index contributed by atoms with van der Waals surface area (Å²) >= 11 is 0. The second-order valence-electron chi connectivity index (χ2n) is 4.87. The van der Waals surface area contributed by atoms with Crippen LogP contribution in [0.5, 0.6) is 0 Å². The lowest BCUT2D eigenvalue weighted by molar-refractivity contribution is 1.30. The third-order valence-electron chi connectivity index (χ3n) is 3.69. The van der Waals surface area contributed by atoms with Crippen molar-refractivity contribution in [2.75, 3.05) is 0 Å². The summed E-state index contributed by atoms with van der Waals surface area (Å²) in [7, 11) is -1.28. The topological polar surface area (TPSA) is 0 Å². The van der Waals surface area contributed by atoms with Gasteiger partial charge in [0.1, 0.15) is 0 Å². The van der Waals surface area contributed by atoms with Gasteiger partial charge >= 0.3 is 0 Å². The molecule has 1 aliphatic carbocycles. The zero-order valence-corrected chi connectivity index (χ0v) is 11.2. The monoisotopic (exact) mass is 228 g/mol. The fourth-order valence-electron chi connectivity index (χ4n) is 2.36. The highest BCUT2D eigenvalue weighted by molar-refractivity contribution is 6.91. The van der Waals surface area contributed by atoms with Crippen molar-refractivity contribution >= 4 is 13.3 Å². The lowest BCUT2D eigenvalue weighted by atomic mass is 10.3. The van der Waals surface area contributed by atoms with Crippen molar-refractivity contribution in [2.45, 2.75) is 32.0 Å². The van der Waals surface area contributed by atoms with Crippen LogP contribution in [0.25, 0.3) is 0 Å². The van der Waals surface area contributed by atoms with Gasteiger partial charge in [0.25, 0.3) is 0 Å². The van der Waals surface area contributed by atoms with Gasteiger partial charge in [0.05, 0.1) is 8.07 Å². The molecule has 0 aliphatic heterocycles. The molecule has 1 atom stereocenters. The molecule has 0 amide bonds. The molecule has 0 fully saturated rings. The molecule has 0 radical (unpaired) electrons. The van der Waals surface area contributed by atoms with Crippen LogP contribution in [0.2, 0.25) is 18.6 Å². The molecule has 84 valence electrons. The van der Waals surface area contributed by atoms with Crippen LogP contribution in [0.3, 0.4) is 0 Å². The lowest BCUT2D eigenvalue weighted by Crippen LogP contribution is -2.43. The molecule has 0 saturated carbocycles. The van der Waals surface area contributed by atoms with Crippen LogP contribution in [-0.4, -0.2) is 8.07 Å². The number of allylic oxidation sites excluding steroid dienone is 4. The van der Waals surface area contributed by atoms with Gasteiger partial charge in [-0.05, 0) is 12.5 Å². The Kier molecular flexibility index (Phi) is 3.45. The van der Waals surface area contributed by atoms with Crippen LogP contribution in [0.1, 0.15) is 13.3 Å². The second-order valence-corrected chi connectivity index (χ2v) is 9.63. The van der Waals surface area contributed by atoms with E-state index in [2.05, 4.69) is 62.0 Å². The average Bonchev–Trinajstić information content (AvgIpc) is 2.83. The molecular weight excluding hydrogens is 208 g/mol.